The van der Waals surface area contributed by atoms with Gasteiger partial charge in [-0.3, -0.25) is 0 Å². The van der Waals surface area contributed by atoms with Crippen molar-refractivity contribution in [3.8, 4) is 0 Å². The number of nitrogens with zero attached hydrogens (tertiary/aromatic N) is 1. The summed E-state index contributed by atoms with van der Waals surface area (Å²) in [6.07, 6.45) is 0.939. The first kappa shape index (κ1) is 15.5. The first-order valence-electron chi connectivity index (χ1n) is 7.30. The van der Waals surface area contributed by atoms with Crippen molar-refractivity contribution in [2.24, 2.45) is 5.92 Å². The minimum Gasteiger partial charge on any atom is -0.476 e. The van der Waals surface area contributed by atoms with Gasteiger partial charge in [0.2, 0.25) is 5.83 Å². The highest BCUT2D eigenvalue weighted by atomic mass is 19.1. The Kier molecular flexibility index (Phi) is 4.35. The Morgan fingerprint density at radius 1 is 1.43 bits per heavy atom. The summed E-state index contributed by atoms with van der Waals surface area (Å²) < 4.78 is 13.6. The third-order valence-corrected chi connectivity index (χ3v) is 4.04. The molecule has 1 unspecified atom stereocenters. The van der Waals surface area contributed by atoms with Gasteiger partial charge in [-0.25, -0.2) is 4.79 Å². The van der Waals surface area contributed by atoms with Gasteiger partial charge in [-0.1, -0.05) is 13.0 Å². The van der Waals surface area contributed by atoms with Gasteiger partial charge in [-0.2, -0.15) is 4.39 Å². The van der Waals surface area contributed by atoms with Crippen molar-refractivity contribution in [1.82, 2.24) is 0 Å². The number of aliphatic carboxylic acids is 1. The van der Waals surface area contributed by atoms with Crippen molar-refractivity contribution in [1.29, 1.82) is 0 Å². The second-order valence-electron chi connectivity index (χ2n) is 6.14. The van der Waals surface area contributed by atoms with E-state index in [-0.39, 0.29) is 5.57 Å². The van der Waals surface area contributed by atoms with Gasteiger partial charge < -0.3 is 10.0 Å². The summed E-state index contributed by atoms with van der Waals surface area (Å²) in [5.41, 5.74) is 3.17. The number of rotatable bonds is 3. The van der Waals surface area contributed by atoms with E-state index in [2.05, 4.69) is 25.7 Å². The molecule has 0 bridgehead atoms. The van der Waals surface area contributed by atoms with Crippen molar-refractivity contribution in [2.75, 3.05) is 11.4 Å². The highest BCUT2D eigenvalue weighted by molar-refractivity contribution is 5.93. The van der Waals surface area contributed by atoms with E-state index in [1.54, 1.807) is 0 Å². The van der Waals surface area contributed by atoms with Gasteiger partial charge in [0.1, 0.15) is 0 Å². The van der Waals surface area contributed by atoms with E-state index in [0.717, 1.165) is 18.5 Å². The topological polar surface area (TPSA) is 40.5 Å². The fourth-order valence-electron chi connectivity index (χ4n) is 2.91. The maximum atomic E-state index is 13.6. The molecular formula is C17H22FNO2. The number of benzene rings is 1. The molecule has 3 nitrogen and oxygen atoms in total. The summed E-state index contributed by atoms with van der Waals surface area (Å²) in [6, 6.07) is 6.12. The molecule has 1 N–H and O–H groups in total. The average Bonchev–Trinajstić information content (AvgIpc) is 2.43. The van der Waals surface area contributed by atoms with Crippen LogP contribution in [0.3, 0.4) is 0 Å². The maximum Gasteiger partial charge on any atom is 0.365 e. The van der Waals surface area contributed by atoms with E-state index in [1.807, 2.05) is 18.2 Å². The summed E-state index contributed by atoms with van der Waals surface area (Å²) in [5.74, 6) is -2.06. The Hall–Kier alpha value is -1.84. The zero-order valence-electron chi connectivity index (χ0n) is 13.0. The average molecular weight is 291 g/mol. The molecule has 1 heterocycles. The predicted octanol–water partition coefficient (Wildman–Crippen LogP) is 3.88. The number of halogens is 1. The number of carboxylic acids is 1. The second-order valence-corrected chi connectivity index (χ2v) is 6.14. The number of carboxylic acid groups (broad SMARTS) is 1. The molecule has 1 aliphatic heterocycles. The van der Waals surface area contributed by atoms with Crippen LogP contribution in [0.1, 0.15) is 38.8 Å². The lowest BCUT2D eigenvalue weighted by atomic mass is 9.90. The molecule has 0 aromatic heterocycles. The lowest BCUT2D eigenvalue weighted by Gasteiger charge is -2.38. The smallest absolute Gasteiger partial charge is 0.365 e. The van der Waals surface area contributed by atoms with E-state index in [9.17, 15) is 9.18 Å². The number of allylic oxidation sites excluding steroid dienone is 1. The van der Waals surface area contributed by atoms with E-state index in [1.165, 1.54) is 12.6 Å². The minimum atomic E-state index is -1.51. The first-order valence-corrected chi connectivity index (χ1v) is 7.30. The van der Waals surface area contributed by atoms with Crippen LogP contribution in [0.25, 0.3) is 5.57 Å². The van der Waals surface area contributed by atoms with E-state index < -0.39 is 11.8 Å². The molecule has 114 valence electrons. The monoisotopic (exact) mass is 291 g/mol. The van der Waals surface area contributed by atoms with Gasteiger partial charge in [0, 0.05) is 18.3 Å². The zero-order chi connectivity index (χ0) is 15.7. The third kappa shape index (κ3) is 3.09. The molecule has 2 rings (SSSR count). The molecule has 0 fully saturated rings. The van der Waals surface area contributed by atoms with Crippen molar-refractivity contribution in [3.05, 3.63) is 35.2 Å². The molecule has 1 aromatic carbocycles. The molecule has 0 aliphatic carbocycles. The van der Waals surface area contributed by atoms with Gasteiger partial charge in [-0.15, -0.1) is 0 Å². The molecule has 1 atom stereocenters. The molecule has 0 saturated carbocycles. The van der Waals surface area contributed by atoms with Gasteiger partial charge in [-0.05, 0) is 61.9 Å². The van der Waals surface area contributed by atoms with Gasteiger partial charge >= 0.3 is 5.97 Å². The normalized spacial score (nSPS) is 19.3. The minimum absolute atomic E-state index is 0.180. The molecule has 4 heteroatoms. The summed E-state index contributed by atoms with van der Waals surface area (Å²) >= 11 is 0. The van der Waals surface area contributed by atoms with Crippen molar-refractivity contribution < 1.29 is 14.3 Å². The molecular weight excluding hydrogens is 269 g/mol. The van der Waals surface area contributed by atoms with Gasteiger partial charge in [0.05, 0.1) is 0 Å². The van der Waals surface area contributed by atoms with Crippen LogP contribution in [0.4, 0.5) is 10.1 Å². The van der Waals surface area contributed by atoms with Gasteiger partial charge in [0.25, 0.3) is 0 Å². The van der Waals surface area contributed by atoms with Crippen LogP contribution >= 0.6 is 0 Å². The Morgan fingerprint density at radius 2 is 2.10 bits per heavy atom. The molecule has 0 spiro atoms. The maximum absolute atomic E-state index is 13.6. The summed E-state index contributed by atoms with van der Waals surface area (Å²) in [6.45, 7) is 9.04. The summed E-state index contributed by atoms with van der Waals surface area (Å²) in [4.78, 5) is 13.1. The fraction of sp³-hybridized carbons (Fsp3) is 0.471. The van der Waals surface area contributed by atoms with Crippen LogP contribution in [-0.4, -0.2) is 23.7 Å². The van der Waals surface area contributed by atoms with Crippen molar-refractivity contribution >= 4 is 17.2 Å². The van der Waals surface area contributed by atoms with E-state index in [0.29, 0.717) is 17.5 Å². The number of fused-ring (bicyclic) bond motifs is 1. The van der Waals surface area contributed by atoms with Crippen LogP contribution in [0, 0.1) is 5.92 Å². The van der Waals surface area contributed by atoms with Crippen LogP contribution < -0.4 is 4.90 Å². The lowest BCUT2D eigenvalue weighted by Crippen LogP contribution is -2.39. The molecule has 0 radical (unpaired) electrons. The number of hydrogen-bond acceptors (Lipinski definition) is 2. The number of anilines is 1. The molecule has 21 heavy (non-hydrogen) atoms. The highest BCUT2D eigenvalue weighted by Crippen LogP contribution is 2.34. The SMILES string of the molecule is CC(=C(F)C(=O)O)c1ccc2c(c1)CC(C)CN2C(C)C. The Morgan fingerprint density at radius 3 is 2.67 bits per heavy atom. The van der Waals surface area contributed by atoms with Crippen LogP contribution in [0.15, 0.2) is 24.0 Å². The van der Waals surface area contributed by atoms with Crippen molar-refractivity contribution in [2.45, 2.75) is 40.2 Å². The number of carbonyl (C=O) groups is 1. The number of hydrogen-bond donors (Lipinski definition) is 1. The molecule has 0 amide bonds. The first-order chi connectivity index (χ1) is 9.81. The standard InChI is InChI=1S/C17H22FNO2/c1-10(2)19-9-11(3)7-14-8-13(5-6-15(14)19)12(4)16(18)17(20)21/h5-6,8,10-11H,7,9H2,1-4H3,(H,20,21). The fourth-order valence-corrected chi connectivity index (χ4v) is 2.91. The Balaban J connectivity index is 2.46. The molecule has 0 saturated heterocycles. The van der Waals surface area contributed by atoms with Crippen LogP contribution in [0.5, 0.6) is 0 Å². The Bertz CT molecular complexity index is 592. The highest BCUT2D eigenvalue weighted by Gasteiger charge is 2.24. The zero-order valence-corrected chi connectivity index (χ0v) is 13.0. The van der Waals surface area contributed by atoms with Crippen LogP contribution in [0.2, 0.25) is 0 Å². The van der Waals surface area contributed by atoms with Gasteiger partial charge in [0.15, 0.2) is 0 Å². The van der Waals surface area contributed by atoms with E-state index in [4.69, 9.17) is 5.11 Å². The molecule has 1 aromatic rings. The largest absolute Gasteiger partial charge is 0.476 e. The van der Waals surface area contributed by atoms with Crippen LogP contribution in [-0.2, 0) is 11.2 Å². The quantitative estimate of drug-likeness (QED) is 0.859. The second kappa shape index (κ2) is 5.88. The van der Waals surface area contributed by atoms with E-state index >= 15 is 0 Å². The molecule has 1 aliphatic rings. The summed E-state index contributed by atoms with van der Waals surface area (Å²) in [5, 5.41) is 8.77. The Labute approximate surface area is 125 Å². The summed E-state index contributed by atoms with van der Waals surface area (Å²) in [7, 11) is 0. The lowest BCUT2D eigenvalue weighted by molar-refractivity contribution is -0.134. The third-order valence-electron chi connectivity index (χ3n) is 4.04. The predicted molar refractivity (Wildman–Crippen MR) is 83.1 cm³/mol. The van der Waals surface area contributed by atoms with Crippen molar-refractivity contribution in [3.63, 3.8) is 0 Å².